The van der Waals surface area contributed by atoms with Crippen LogP contribution in [0, 0.1) is 11.3 Å². The van der Waals surface area contributed by atoms with Gasteiger partial charge >= 0.3 is 0 Å². The van der Waals surface area contributed by atoms with E-state index in [4.69, 9.17) is 5.26 Å². The van der Waals surface area contributed by atoms with Crippen LogP contribution in [-0.2, 0) is 0 Å². The molecule has 0 heterocycles. The first-order chi connectivity index (χ1) is 11.5. The second kappa shape index (κ2) is 8.27. The molecule has 0 aliphatic rings. The maximum atomic E-state index is 12.0. The summed E-state index contributed by atoms with van der Waals surface area (Å²) in [5.41, 5.74) is 2.16. The van der Waals surface area contributed by atoms with E-state index in [2.05, 4.69) is 32.6 Å². The van der Waals surface area contributed by atoms with E-state index in [1.807, 2.05) is 0 Å². The van der Waals surface area contributed by atoms with Crippen molar-refractivity contribution in [2.75, 3.05) is 18.4 Å². The Kier molecular flexibility index (Phi) is 6.10. The first-order valence-electron chi connectivity index (χ1n) is 7.34. The lowest BCUT2D eigenvalue weighted by Gasteiger charge is -2.10. The number of nitriles is 1. The van der Waals surface area contributed by atoms with Crippen LogP contribution in [0.2, 0.25) is 0 Å². The highest BCUT2D eigenvalue weighted by Crippen LogP contribution is 2.17. The third kappa shape index (κ3) is 4.67. The van der Waals surface area contributed by atoms with Gasteiger partial charge in [0, 0.05) is 28.7 Å². The second-order valence-corrected chi connectivity index (χ2v) is 6.03. The highest BCUT2D eigenvalue weighted by atomic mass is 79.9. The van der Waals surface area contributed by atoms with Crippen LogP contribution in [0.5, 0.6) is 0 Å². The number of hydrogen-bond donors (Lipinski definition) is 2. The van der Waals surface area contributed by atoms with E-state index in [0.29, 0.717) is 35.5 Å². The molecule has 5 nitrogen and oxygen atoms in total. The Bertz CT molecular complexity index is 795. The molecule has 2 rings (SSSR count). The molecule has 0 saturated heterocycles. The lowest BCUT2D eigenvalue weighted by atomic mass is 10.1. The Morgan fingerprint density at radius 2 is 1.75 bits per heavy atom. The van der Waals surface area contributed by atoms with Crippen molar-refractivity contribution in [3.05, 3.63) is 63.6 Å². The molecule has 0 atom stereocenters. The minimum absolute atomic E-state index is 0.0638. The van der Waals surface area contributed by atoms with Gasteiger partial charge in [0.1, 0.15) is 6.07 Å². The van der Waals surface area contributed by atoms with E-state index < -0.39 is 0 Å². The molecule has 0 saturated carbocycles. The lowest BCUT2D eigenvalue weighted by Crippen LogP contribution is -2.28. The number of carbonyl (C=O) groups is 2. The van der Waals surface area contributed by atoms with E-state index >= 15 is 0 Å². The number of carbonyl (C=O) groups excluding carboxylic acids is 2. The Balaban J connectivity index is 1.91. The SMILES string of the molecule is CC(=O)c1ccc(C#N)c(NCCNC(=O)c2ccc(Br)cc2)c1. The lowest BCUT2D eigenvalue weighted by molar-refractivity contribution is 0.0954. The van der Waals surface area contributed by atoms with Gasteiger partial charge < -0.3 is 10.6 Å². The van der Waals surface area contributed by atoms with Gasteiger partial charge in [-0.15, -0.1) is 0 Å². The summed E-state index contributed by atoms with van der Waals surface area (Å²) < 4.78 is 0.912. The Morgan fingerprint density at radius 3 is 2.38 bits per heavy atom. The van der Waals surface area contributed by atoms with Crippen molar-refractivity contribution in [1.29, 1.82) is 5.26 Å². The molecule has 122 valence electrons. The molecule has 0 spiro atoms. The predicted octanol–water partition coefficient (Wildman–Crippen LogP) is 3.37. The molecule has 2 N–H and O–H groups in total. The molecule has 6 heteroatoms. The molecule has 0 unspecified atom stereocenters. The fourth-order valence-corrected chi connectivity index (χ4v) is 2.35. The first kappa shape index (κ1) is 17.7. The van der Waals surface area contributed by atoms with Crippen molar-refractivity contribution in [1.82, 2.24) is 5.32 Å². The summed E-state index contributed by atoms with van der Waals surface area (Å²) in [4.78, 5) is 23.4. The number of nitrogens with one attached hydrogen (secondary N) is 2. The molecule has 0 radical (unpaired) electrons. The maximum absolute atomic E-state index is 12.0. The Labute approximate surface area is 148 Å². The smallest absolute Gasteiger partial charge is 0.251 e. The van der Waals surface area contributed by atoms with Gasteiger partial charge in [0.05, 0.1) is 11.3 Å². The Morgan fingerprint density at radius 1 is 1.08 bits per heavy atom. The number of halogens is 1. The van der Waals surface area contributed by atoms with Gasteiger partial charge in [0.25, 0.3) is 5.91 Å². The largest absolute Gasteiger partial charge is 0.382 e. The first-order valence-corrected chi connectivity index (χ1v) is 8.13. The number of amides is 1. The van der Waals surface area contributed by atoms with Crippen molar-refractivity contribution in [3.63, 3.8) is 0 Å². The van der Waals surface area contributed by atoms with Crippen LogP contribution in [0.3, 0.4) is 0 Å². The number of benzene rings is 2. The zero-order valence-corrected chi connectivity index (χ0v) is 14.7. The van der Waals surface area contributed by atoms with Gasteiger partial charge in [-0.05, 0) is 49.4 Å². The molecule has 0 bridgehead atoms. The number of anilines is 1. The van der Waals surface area contributed by atoms with E-state index in [0.717, 1.165) is 4.47 Å². The molecular formula is C18H16BrN3O2. The van der Waals surface area contributed by atoms with Crippen molar-refractivity contribution in [2.24, 2.45) is 0 Å². The van der Waals surface area contributed by atoms with Gasteiger partial charge in [-0.25, -0.2) is 0 Å². The average molecular weight is 386 g/mol. The van der Waals surface area contributed by atoms with E-state index in [9.17, 15) is 9.59 Å². The summed E-state index contributed by atoms with van der Waals surface area (Å²) in [6, 6.07) is 14.0. The topological polar surface area (TPSA) is 82.0 Å². The van der Waals surface area contributed by atoms with Crippen LogP contribution in [0.15, 0.2) is 46.9 Å². The summed E-state index contributed by atoms with van der Waals surface area (Å²) in [5, 5.41) is 15.0. The standard InChI is InChI=1S/C18H16BrN3O2/c1-12(23)14-2-3-15(11-20)17(10-14)21-8-9-22-18(24)13-4-6-16(19)7-5-13/h2-7,10,21H,8-9H2,1H3,(H,22,24). The number of rotatable bonds is 6. The fraction of sp³-hybridized carbons (Fsp3) is 0.167. The summed E-state index contributed by atoms with van der Waals surface area (Å²) in [7, 11) is 0. The van der Waals surface area contributed by atoms with Crippen molar-refractivity contribution in [3.8, 4) is 6.07 Å². The van der Waals surface area contributed by atoms with Crippen LogP contribution in [-0.4, -0.2) is 24.8 Å². The van der Waals surface area contributed by atoms with Gasteiger partial charge in [-0.2, -0.15) is 5.26 Å². The number of Topliss-reactive ketones (excluding diaryl/α,β-unsaturated/α-hetero) is 1. The number of nitrogens with zero attached hydrogens (tertiary/aromatic N) is 1. The molecule has 2 aromatic carbocycles. The van der Waals surface area contributed by atoms with Crippen molar-refractivity contribution >= 4 is 33.3 Å². The number of hydrogen-bond acceptors (Lipinski definition) is 4. The van der Waals surface area contributed by atoms with E-state index in [-0.39, 0.29) is 11.7 Å². The zero-order chi connectivity index (χ0) is 17.5. The van der Waals surface area contributed by atoms with Crippen LogP contribution in [0.4, 0.5) is 5.69 Å². The monoisotopic (exact) mass is 385 g/mol. The molecule has 0 aliphatic carbocycles. The van der Waals surface area contributed by atoms with Crippen LogP contribution >= 0.6 is 15.9 Å². The predicted molar refractivity (Wildman–Crippen MR) is 96.1 cm³/mol. The third-order valence-corrected chi connectivity index (χ3v) is 3.91. The Hall–Kier alpha value is -2.65. The molecule has 0 aromatic heterocycles. The van der Waals surface area contributed by atoms with Crippen molar-refractivity contribution < 1.29 is 9.59 Å². The van der Waals surface area contributed by atoms with E-state index in [1.54, 1.807) is 42.5 Å². The highest BCUT2D eigenvalue weighted by molar-refractivity contribution is 9.10. The van der Waals surface area contributed by atoms with Crippen LogP contribution in [0.25, 0.3) is 0 Å². The average Bonchev–Trinajstić information content (AvgIpc) is 2.58. The summed E-state index contributed by atoms with van der Waals surface area (Å²) in [6.07, 6.45) is 0. The zero-order valence-electron chi connectivity index (χ0n) is 13.1. The maximum Gasteiger partial charge on any atom is 0.251 e. The summed E-state index contributed by atoms with van der Waals surface area (Å²) in [6.45, 7) is 2.31. The summed E-state index contributed by atoms with van der Waals surface area (Å²) >= 11 is 3.32. The van der Waals surface area contributed by atoms with Gasteiger partial charge in [0.15, 0.2) is 5.78 Å². The minimum atomic E-state index is -0.165. The minimum Gasteiger partial charge on any atom is -0.382 e. The fourth-order valence-electron chi connectivity index (χ4n) is 2.08. The van der Waals surface area contributed by atoms with E-state index in [1.165, 1.54) is 6.92 Å². The molecule has 2 aromatic rings. The van der Waals surface area contributed by atoms with Crippen LogP contribution < -0.4 is 10.6 Å². The molecular weight excluding hydrogens is 370 g/mol. The second-order valence-electron chi connectivity index (χ2n) is 5.12. The van der Waals surface area contributed by atoms with Gasteiger partial charge in [-0.3, -0.25) is 9.59 Å². The summed E-state index contributed by atoms with van der Waals surface area (Å²) in [5.74, 6) is -0.228. The molecule has 24 heavy (non-hydrogen) atoms. The quantitative estimate of drug-likeness (QED) is 0.589. The van der Waals surface area contributed by atoms with Crippen molar-refractivity contribution in [2.45, 2.75) is 6.92 Å². The van der Waals surface area contributed by atoms with Crippen LogP contribution in [0.1, 0.15) is 33.2 Å². The molecule has 1 amide bonds. The van der Waals surface area contributed by atoms with Gasteiger partial charge in [-0.1, -0.05) is 15.9 Å². The molecule has 0 fully saturated rings. The third-order valence-electron chi connectivity index (χ3n) is 3.38. The normalized spacial score (nSPS) is 9.88. The number of ketones is 1. The van der Waals surface area contributed by atoms with Gasteiger partial charge in [0.2, 0.25) is 0 Å². The highest BCUT2D eigenvalue weighted by Gasteiger charge is 2.07. The molecule has 0 aliphatic heterocycles.